The first-order valence-electron chi connectivity index (χ1n) is 5.62. The molecule has 0 aromatic carbocycles. The number of alkyl halides is 10. The molecule has 0 rings (SSSR count). The molecule has 0 fully saturated rings. The zero-order valence-electron chi connectivity index (χ0n) is 10.8. The summed E-state index contributed by atoms with van der Waals surface area (Å²) >= 11 is 0. The highest BCUT2D eigenvalue weighted by atomic mass is 19.4. The van der Waals surface area contributed by atoms with E-state index < -0.39 is 61.8 Å². The lowest BCUT2D eigenvalue weighted by Gasteiger charge is -2.19. The average molecular weight is 366 g/mol. The van der Waals surface area contributed by atoms with Crippen molar-refractivity contribution in [1.29, 1.82) is 0 Å². The summed E-state index contributed by atoms with van der Waals surface area (Å²) in [5.74, 6) is -14.3. The van der Waals surface area contributed by atoms with Crippen molar-refractivity contribution in [2.24, 2.45) is 0 Å². The maximum atomic E-state index is 12.4. The van der Waals surface area contributed by atoms with Gasteiger partial charge in [0, 0.05) is 12.8 Å². The molecule has 0 spiro atoms. The number of ether oxygens (including phenoxy) is 1. The Morgan fingerprint density at radius 1 is 0.609 bits per heavy atom. The van der Waals surface area contributed by atoms with Crippen molar-refractivity contribution in [1.82, 2.24) is 0 Å². The average Bonchev–Trinajstić information content (AvgIpc) is 2.31. The van der Waals surface area contributed by atoms with Gasteiger partial charge in [0.05, 0.1) is 12.8 Å². The zero-order chi connectivity index (χ0) is 18.7. The van der Waals surface area contributed by atoms with E-state index in [0.717, 1.165) is 0 Å². The molecular formula is C10H8F10O3. The molecule has 0 bridgehead atoms. The van der Waals surface area contributed by atoms with Crippen LogP contribution in [0.2, 0.25) is 0 Å². The summed E-state index contributed by atoms with van der Waals surface area (Å²) in [6.07, 6.45) is -19.2. The lowest BCUT2D eigenvalue weighted by Crippen LogP contribution is -2.37. The van der Waals surface area contributed by atoms with E-state index in [1.165, 1.54) is 0 Å². The summed E-state index contributed by atoms with van der Waals surface area (Å²) in [6, 6.07) is 0. The van der Waals surface area contributed by atoms with Crippen LogP contribution in [0.1, 0.15) is 25.7 Å². The molecule has 13 heteroatoms. The molecule has 0 atom stereocenters. The van der Waals surface area contributed by atoms with Gasteiger partial charge in [-0.3, -0.25) is 9.59 Å². The molecular weight excluding hydrogens is 358 g/mol. The van der Waals surface area contributed by atoms with Crippen LogP contribution in [-0.2, 0) is 14.3 Å². The molecule has 0 unspecified atom stereocenters. The summed E-state index contributed by atoms with van der Waals surface area (Å²) in [5, 5.41) is 0. The van der Waals surface area contributed by atoms with Crippen molar-refractivity contribution in [3.8, 4) is 0 Å². The van der Waals surface area contributed by atoms with Gasteiger partial charge in [0.2, 0.25) is 0 Å². The van der Waals surface area contributed by atoms with Gasteiger partial charge in [-0.15, -0.1) is 0 Å². The molecule has 0 saturated carbocycles. The Hall–Kier alpha value is -1.56. The summed E-state index contributed by atoms with van der Waals surface area (Å²) in [7, 11) is 0. The van der Waals surface area contributed by atoms with E-state index in [-0.39, 0.29) is 0 Å². The fourth-order valence-electron chi connectivity index (χ4n) is 1.03. The van der Waals surface area contributed by atoms with E-state index in [4.69, 9.17) is 0 Å². The Bertz CT molecular complexity index is 397. The van der Waals surface area contributed by atoms with Crippen molar-refractivity contribution < 1.29 is 58.2 Å². The highest BCUT2D eigenvalue weighted by Crippen LogP contribution is 2.40. The molecule has 0 aliphatic carbocycles. The van der Waals surface area contributed by atoms with Crippen molar-refractivity contribution in [3.05, 3.63) is 0 Å². The SMILES string of the molecule is O=C(CCC(F)(F)C(F)(F)F)OC(=O)CCC(F)(F)C(F)(F)F. The van der Waals surface area contributed by atoms with Crippen LogP contribution < -0.4 is 0 Å². The normalized spacial score (nSPS) is 13.8. The first kappa shape index (κ1) is 21.4. The summed E-state index contributed by atoms with van der Waals surface area (Å²) in [5.41, 5.74) is 0. The fourth-order valence-corrected chi connectivity index (χ4v) is 1.03. The number of rotatable bonds is 6. The second-order valence-corrected chi connectivity index (χ2v) is 4.25. The monoisotopic (exact) mass is 366 g/mol. The standard InChI is InChI=1S/C10H8F10O3/c11-7(12,9(15,16)17)3-1-5(21)23-6(22)2-4-8(13,14)10(18,19)20/h1-4H2. The number of carbonyl (C=O) groups is 2. The van der Waals surface area contributed by atoms with Gasteiger partial charge in [-0.1, -0.05) is 0 Å². The summed E-state index contributed by atoms with van der Waals surface area (Å²) in [6.45, 7) is 0. The number of halogens is 10. The third-order valence-corrected chi connectivity index (χ3v) is 2.34. The van der Waals surface area contributed by atoms with Crippen molar-refractivity contribution in [2.45, 2.75) is 49.9 Å². The minimum Gasteiger partial charge on any atom is -0.393 e. The molecule has 0 radical (unpaired) electrons. The highest BCUT2D eigenvalue weighted by molar-refractivity contribution is 5.85. The molecule has 0 aromatic heterocycles. The van der Waals surface area contributed by atoms with E-state index in [2.05, 4.69) is 4.74 Å². The van der Waals surface area contributed by atoms with Gasteiger partial charge in [-0.2, -0.15) is 43.9 Å². The Kier molecular flexibility index (Phi) is 6.44. The van der Waals surface area contributed by atoms with Crippen LogP contribution in [0.5, 0.6) is 0 Å². The zero-order valence-corrected chi connectivity index (χ0v) is 10.8. The third-order valence-electron chi connectivity index (χ3n) is 2.34. The van der Waals surface area contributed by atoms with Gasteiger partial charge in [-0.25, -0.2) is 0 Å². The Balaban J connectivity index is 4.36. The second-order valence-electron chi connectivity index (χ2n) is 4.25. The van der Waals surface area contributed by atoms with Crippen LogP contribution in [-0.4, -0.2) is 36.1 Å². The van der Waals surface area contributed by atoms with Crippen molar-refractivity contribution in [3.63, 3.8) is 0 Å². The van der Waals surface area contributed by atoms with Crippen LogP contribution >= 0.6 is 0 Å². The lowest BCUT2D eigenvalue weighted by atomic mass is 10.1. The van der Waals surface area contributed by atoms with Crippen LogP contribution in [0.15, 0.2) is 0 Å². The van der Waals surface area contributed by atoms with Gasteiger partial charge in [0.15, 0.2) is 0 Å². The maximum absolute atomic E-state index is 12.4. The highest BCUT2D eigenvalue weighted by Gasteiger charge is 2.58. The van der Waals surface area contributed by atoms with Crippen LogP contribution in [0.4, 0.5) is 43.9 Å². The molecule has 0 heterocycles. The van der Waals surface area contributed by atoms with Crippen molar-refractivity contribution in [2.75, 3.05) is 0 Å². The van der Waals surface area contributed by atoms with Gasteiger partial charge >= 0.3 is 36.1 Å². The minimum absolute atomic E-state index is 1.59. The molecule has 136 valence electrons. The first-order valence-corrected chi connectivity index (χ1v) is 5.62. The molecule has 0 N–H and O–H groups in total. The van der Waals surface area contributed by atoms with Gasteiger partial charge in [0.25, 0.3) is 0 Å². The topological polar surface area (TPSA) is 43.4 Å². The molecule has 0 aliphatic heterocycles. The van der Waals surface area contributed by atoms with Crippen LogP contribution in [0.25, 0.3) is 0 Å². The fraction of sp³-hybridized carbons (Fsp3) is 0.800. The molecule has 0 saturated heterocycles. The quantitative estimate of drug-likeness (QED) is 0.405. The van der Waals surface area contributed by atoms with Gasteiger partial charge in [0.1, 0.15) is 0 Å². The van der Waals surface area contributed by atoms with Crippen LogP contribution in [0.3, 0.4) is 0 Å². The van der Waals surface area contributed by atoms with Crippen LogP contribution in [0, 0.1) is 0 Å². The molecule has 0 aliphatic rings. The Labute approximate surface area is 121 Å². The predicted octanol–water partition coefficient (Wildman–Crippen LogP) is 4.01. The molecule has 23 heavy (non-hydrogen) atoms. The third kappa shape index (κ3) is 6.60. The largest absolute Gasteiger partial charge is 0.453 e. The van der Waals surface area contributed by atoms with E-state index >= 15 is 0 Å². The second kappa shape index (κ2) is 6.91. The number of hydrogen-bond acceptors (Lipinski definition) is 3. The van der Waals surface area contributed by atoms with E-state index in [9.17, 15) is 53.5 Å². The Morgan fingerprint density at radius 3 is 1.09 bits per heavy atom. The van der Waals surface area contributed by atoms with Crippen molar-refractivity contribution >= 4 is 11.9 Å². The minimum atomic E-state index is -5.95. The van der Waals surface area contributed by atoms with E-state index in [1.807, 2.05) is 0 Å². The Morgan fingerprint density at radius 2 is 0.870 bits per heavy atom. The maximum Gasteiger partial charge on any atom is 0.453 e. The smallest absolute Gasteiger partial charge is 0.393 e. The van der Waals surface area contributed by atoms with Gasteiger partial charge < -0.3 is 4.74 Å². The first-order chi connectivity index (χ1) is 9.99. The summed E-state index contributed by atoms with van der Waals surface area (Å²) in [4.78, 5) is 21.6. The van der Waals surface area contributed by atoms with E-state index in [0.29, 0.717) is 0 Å². The number of esters is 2. The molecule has 3 nitrogen and oxygen atoms in total. The molecule has 0 amide bonds. The van der Waals surface area contributed by atoms with Gasteiger partial charge in [-0.05, 0) is 0 Å². The summed E-state index contributed by atoms with van der Waals surface area (Å²) < 4.78 is 124. The van der Waals surface area contributed by atoms with E-state index in [1.54, 1.807) is 0 Å². The lowest BCUT2D eigenvalue weighted by molar-refractivity contribution is -0.284. The number of hydrogen-bond donors (Lipinski definition) is 0. The predicted molar refractivity (Wildman–Crippen MR) is 51.6 cm³/mol. The number of carbonyl (C=O) groups excluding carboxylic acids is 2. The molecule has 0 aromatic rings.